The Labute approximate surface area is 63.5 Å². The number of aldehydes is 1. The average Bonchev–Trinajstić information content (AvgIpc) is 2.06. The number of halogens is 1. The average molecular weight is 154 g/mol. The van der Waals surface area contributed by atoms with Crippen molar-refractivity contribution in [1.29, 1.82) is 0 Å². The summed E-state index contributed by atoms with van der Waals surface area (Å²) >= 11 is 0. The van der Waals surface area contributed by atoms with Gasteiger partial charge in [0.05, 0.1) is 6.20 Å². The van der Waals surface area contributed by atoms with Crippen molar-refractivity contribution < 1.29 is 9.18 Å². The van der Waals surface area contributed by atoms with Crippen molar-refractivity contribution in [3.05, 3.63) is 36.6 Å². The minimum atomic E-state index is -0.822. The topological polar surface area (TPSA) is 32.3 Å². The predicted molar refractivity (Wildman–Crippen MR) is 38.5 cm³/mol. The highest BCUT2D eigenvalue weighted by Gasteiger charge is 1.96. The molecule has 0 aromatic rings. The van der Waals surface area contributed by atoms with E-state index in [1.807, 2.05) is 0 Å². The summed E-state index contributed by atoms with van der Waals surface area (Å²) in [6.45, 7) is 0. The van der Waals surface area contributed by atoms with E-state index in [1.54, 1.807) is 24.6 Å². The van der Waals surface area contributed by atoms with Crippen LogP contribution in [0.1, 0.15) is 0 Å². The standard InChI is InChI=1S/C7H7FN2O/c8-7(6-11)5-10-4-2-1-3-9-10/h1-6,9H. The number of carbonyl (C=O) groups excluding carboxylic acids is 1. The molecule has 1 rings (SSSR count). The molecule has 0 unspecified atom stereocenters. The molecule has 1 heterocycles. The summed E-state index contributed by atoms with van der Waals surface area (Å²) < 4.78 is 12.3. The van der Waals surface area contributed by atoms with Gasteiger partial charge >= 0.3 is 0 Å². The van der Waals surface area contributed by atoms with Crippen LogP contribution < -0.4 is 5.43 Å². The third-order valence-electron chi connectivity index (χ3n) is 1.05. The third-order valence-corrected chi connectivity index (χ3v) is 1.05. The number of hydrogen-bond donors (Lipinski definition) is 1. The Balaban J connectivity index is 2.56. The molecular formula is C7H7FN2O. The van der Waals surface area contributed by atoms with Crippen molar-refractivity contribution in [2.24, 2.45) is 0 Å². The molecule has 1 aliphatic heterocycles. The minimum absolute atomic E-state index is 0.147. The zero-order chi connectivity index (χ0) is 8.10. The molecule has 1 aliphatic rings. The summed E-state index contributed by atoms with van der Waals surface area (Å²) in [5.41, 5.74) is 2.68. The molecular weight excluding hydrogens is 147 g/mol. The summed E-state index contributed by atoms with van der Waals surface area (Å²) in [7, 11) is 0. The quantitative estimate of drug-likeness (QED) is 0.472. The monoisotopic (exact) mass is 154 g/mol. The van der Waals surface area contributed by atoms with Crippen LogP contribution in [0.2, 0.25) is 0 Å². The molecule has 0 amide bonds. The van der Waals surface area contributed by atoms with E-state index in [4.69, 9.17) is 0 Å². The largest absolute Gasteiger partial charge is 0.302 e. The molecule has 0 atom stereocenters. The predicted octanol–water partition coefficient (Wildman–Crippen LogP) is 0.844. The van der Waals surface area contributed by atoms with Gasteiger partial charge in [0.2, 0.25) is 0 Å². The first kappa shape index (κ1) is 7.53. The molecule has 0 radical (unpaired) electrons. The smallest absolute Gasteiger partial charge is 0.181 e. The first-order chi connectivity index (χ1) is 5.33. The van der Waals surface area contributed by atoms with Gasteiger partial charge in [-0.1, -0.05) is 0 Å². The molecule has 0 fully saturated rings. The van der Waals surface area contributed by atoms with Gasteiger partial charge in [-0.05, 0) is 12.2 Å². The van der Waals surface area contributed by atoms with Gasteiger partial charge in [0.1, 0.15) is 0 Å². The summed E-state index contributed by atoms with van der Waals surface area (Å²) in [4.78, 5) is 9.84. The van der Waals surface area contributed by atoms with Gasteiger partial charge in [0.25, 0.3) is 0 Å². The molecule has 11 heavy (non-hydrogen) atoms. The Morgan fingerprint density at radius 3 is 2.91 bits per heavy atom. The maximum absolute atomic E-state index is 12.3. The van der Waals surface area contributed by atoms with Crippen LogP contribution in [-0.2, 0) is 4.79 Å². The molecule has 1 N–H and O–H groups in total. The number of hydrazine groups is 1. The number of carbonyl (C=O) groups is 1. The summed E-state index contributed by atoms with van der Waals surface area (Å²) in [5.74, 6) is -0.822. The van der Waals surface area contributed by atoms with E-state index in [2.05, 4.69) is 5.43 Å². The van der Waals surface area contributed by atoms with E-state index in [9.17, 15) is 9.18 Å². The Morgan fingerprint density at radius 1 is 1.55 bits per heavy atom. The molecule has 0 spiro atoms. The Bertz CT molecular complexity index is 233. The first-order valence-corrected chi connectivity index (χ1v) is 3.03. The van der Waals surface area contributed by atoms with E-state index in [0.717, 1.165) is 6.20 Å². The Kier molecular flexibility index (Phi) is 2.43. The van der Waals surface area contributed by atoms with Gasteiger partial charge in [-0.2, -0.15) is 0 Å². The SMILES string of the molecule is O=CC(F)=CN1C=CC=CN1. The maximum Gasteiger partial charge on any atom is 0.181 e. The van der Waals surface area contributed by atoms with E-state index in [1.165, 1.54) is 5.01 Å². The number of hydrogen-bond acceptors (Lipinski definition) is 3. The van der Waals surface area contributed by atoms with Crippen LogP contribution in [0, 0.1) is 0 Å². The lowest BCUT2D eigenvalue weighted by molar-refractivity contribution is -0.106. The fourth-order valence-electron chi connectivity index (χ4n) is 0.614. The molecule has 0 saturated heterocycles. The van der Waals surface area contributed by atoms with Crippen molar-refractivity contribution in [2.75, 3.05) is 0 Å². The molecule has 3 nitrogen and oxygen atoms in total. The molecule has 58 valence electrons. The molecule has 0 aromatic heterocycles. The lowest BCUT2D eigenvalue weighted by Gasteiger charge is -2.16. The van der Waals surface area contributed by atoms with Crippen LogP contribution in [-0.4, -0.2) is 11.3 Å². The number of nitrogens with zero attached hydrogens (tertiary/aromatic N) is 1. The Hall–Kier alpha value is -1.58. The summed E-state index contributed by atoms with van der Waals surface area (Å²) in [5, 5.41) is 1.34. The van der Waals surface area contributed by atoms with Crippen LogP contribution in [0.15, 0.2) is 36.6 Å². The number of nitrogens with one attached hydrogen (secondary N) is 1. The molecule has 4 heteroatoms. The van der Waals surface area contributed by atoms with E-state index in [-0.39, 0.29) is 6.29 Å². The highest BCUT2D eigenvalue weighted by atomic mass is 19.1. The minimum Gasteiger partial charge on any atom is -0.302 e. The van der Waals surface area contributed by atoms with Gasteiger partial charge in [-0.25, -0.2) is 4.39 Å². The van der Waals surface area contributed by atoms with Crippen LogP contribution in [0.3, 0.4) is 0 Å². The number of allylic oxidation sites excluding steroid dienone is 3. The molecule has 0 saturated carbocycles. The zero-order valence-electron chi connectivity index (χ0n) is 5.70. The van der Waals surface area contributed by atoms with Gasteiger partial charge in [-0.15, -0.1) is 0 Å². The van der Waals surface area contributed by atoms with Crippen molar-refractivity contribution >= 4 is 6.29 Å². The Morgan fingerprint density at radius 2 is 2.36 bits per heavy atom. The van der Waals surface area contributed by atoms with Gasteiger partial charge in [0.15, 0.2) is 12.1 Å². The molecule has 0 aromatic carbocycles. The van der Waals surface area contributed by atoms with E-state index in [0.29, 0.717) is 0 Å². The normalized spacial score (nSPS) is 16.5. The van der Waals surface area contributed by atoms with Crippen LogP contribution in [0.25, 0.3) is 0 Å². The number of rotatable bonds is 2. The summed E-state index contributed by atoms with van der Waals surface area (Å²) in [6, 6.07) is 0. The molecule has 0 bridgehead atoms. The van der Waals surface area contributed by atoms with E-state index >= 15 is 0 Å². The second-order valence-corrected chi connectivity index (χ2v) is 1.87. The van der Waals surface area contributed by atoms with Crippen LogP contribution in [0.5, 0.6) is 0 Å². The van der Waals surface area contributed by atoms with E-state index < -0.39 is 5.83 Å². The van der Waals surface area contributed by atoms with Gasteiger partial charge in [-0.3, -0.25) is 9.80 Å². The highest BCUT2D eigenvalue weighted by Crippen LogP contribution is 1.98. The van der Waals surface area contributed by atoms with Crippen LogP contribution >= 0.6 is 0 Å². The fourth-order valence-corrected chi connectivity index (χ4v) is 0.614. The third kappa shape index (κ3) is 2.25. The lowest BCUT2D eigenvalue weighted by atomic mass is 10.5. The fraction of sp³-hybridized carbons (Fsp3) is 0. The van der Waals surface area contributed by atoms with Gasteiger partial charge in [0, 0.05) is 12.4 Å². The van der Waals surface area contributed by atoms with Crippen molar-refractivity contribution in [2.45, 2.75) is 0 Å². The van der Waals surface area contributed by atoms with Crippen LogP contribution in [0.4, 0.5) is 4.39 Å². The zero-order valence-corrected chi connectivity index (χ0v) is 5.70. The first-order valence-electron chi connectivity index (χ1n) is 3.03. The van der Waals surface area contributed by atoms with Crippen molar-refractivity contribution in [3.8, 4) is 0 Å². The van der Waals surface area contributed by atoms with Crippen molar-refractivity contribution in [3.63, 3.8) is 0 Å². The second-order valence-electron chi connectivity index (χ2n) is 1.87. The lowest BCUT2D eigenvalue weighted by Crippen LogP contribution is -2.25. The second kappa shape index (κ2) is 3.55. The molecule has 0 aliphatic carbocycles. The highest BCUT2D eigenvalue weighted by molar-refractivity contribution is 5.69. The summed E-state index contributed by atoms with van der Waals surface area (Å²) in [6.07, 6.45) is 7.87. The van der Waals surface area contributed by atoms with Crippen molar-refractivity contribution in [1.82, 2.24) is 10.4 Å². The maximum atomic E-state index is 12.3. The van der Waals surface area contributed by atoms with Gasteiger partial charge < -0.3 is 5.43 Å².